The maximum Gasteiger partial charge on any atom is 0.275 e. The molecule has 0 aliphatic carbocycles. The monoisotopic (exact) mass is 318 g/mol. The summed E-state index contributed by atoms with van der Waals surface area (Å²) in [5, 5.41) is 11.7. The van der Waals surface area contributed by atoms with Crippen molar-refractivity contribution < 1.29 is 4.79 Å². The second-order valence-electron chi connectivity index (χ2n) is 4.46. The van der Waals surface area contributed by atoms with Crippen molar-refractivity contribution in [1.82, 2.24) is 14.8 Å². The zero-order chi connectivity index (χ0) is 14.8. The smallest absolute Gasteiger partial charge is 0.275 e. The fourth-order valence-corrected chi connectivity index (χ4v) is 3.47. The predicted octanol–water partition coefficient (Wildman–Crippen LogP) is 3.65. The van der Waals surface area contributed by atoms with E-state index in [9.17, 15) is 4.79 Å². The highest BCUT2D eigenvalue weighted by Gasteiger charge is 2.15. The van der Waals surface area contributed by atoms with Crippen molar-refractivity contribution in [3.8, 4) is 10.6 Å². The molecule has 0 aliphatic rings. The van der Waals surface area contributed by atoms with Crippen LogP contribution >= 0.6 is 22.7 Å². The van der Waals surface area contributed by atoms with E-state index in [1.54, 1.807) is 22.1 Å². The highest BCUT2D eigenvalue weighted by molar-refractivity contribution is 7.16. The van der Waals surface area contributed by atoms with Gasteiger partial charge in [0.1, 0.15) is 5.69 Å². The van der Waals surface area contributed by atoms with Gasteiger partial charge in [-0.3, -0.25) is 14.8 Å². The number of nitrogens with zero attached hydrogens (tertiary/aromatic N) is 3. The second kappa shape index (κ2) is 5.79. The summed E-state index contributed by atoms with van der Waals surface area (Å²) in [6.07, 6.45) is 0. The summed E-state index contributed by atoms with van der Waals surface area (Å²) in [5.41, 5.74) is 2.29. The Kier molecular flexibility index (Phi) is 3.85. The molecule has 0 fully saturated rings. The largest absolute Gasteiger partial charge is 0.296 e. The van der Waals surface area contributed by atoms with Crippen LogP contribution in [-0.2, 0) is 6.54 Å². The minimum Gasteiger partial charge on any atom is -0.296 e. The van der Waals surface area contributed by atoms with Crippen LogP contribution in [0, 0.1) is 6.92 Å². The highest BCUT2D eigenvalue weighted by Crippen LogP contribution is 2.28. The molecule has 0 bridgehead atoms. The third-order valence-corrected chi connectivity index (χ3v) is 4.58. The quantitative estimate of drug-likeness (QED) is 0.799. The van der Waals surface area contributed by atoms with E-state index >= 15 is 0 Å². The highest BCUT2D eigenvalue weighted by atomic mass is 32.1. The molecule has 0 radical (unpaired) electrons. The molecule has 7 heteroatoms. The summed E-state index contributed by atoms with van der Waals surface area (Å²) < 4.78 is 1.69. The summed E-state index contributed by atoms with van der Waals surface area (Å²) in [5.74, 6) is -0.176. The number of amides is 1. The lowest BCUT2D eigenvalue weighted by atomic mass is 10.3. The number of carbonyl (C=O) groups excluding carboxylic acids is 1. The topological polar surface area (TPSA) is 59.8 Å². The molecule has 3 aromatic heterocycles. The van der Waals surface area contributed by atoms with Gasteiger partial charge in [0.2, 0.25) is 0 Å². The molecule has 0 saturated carbocycles. The molecule has 21 heavy (non-hydrogen) atoms. The van der Waals surface area contributed by atoms with Crippen LogP contribution in [0.25, 0.3) is 10.6 Å². The summed E-state index contributed by atoms with van der Waals surface area (Å²) in [6, 6.07) is 5.79. The Morgan fingerprint density at radius 3 is 3.00 bits per heavy atom. The van der Waals surface area contributed by atoms with Crippen LogP contribution in [0.2, 0.25) is 0 Å². The molecule has 1 N–H and O–H groups in total. The van der Waals surface area contributed by atoms with E-state index in [2.05, 4.69) is 15.4 Å². The van der Waals surface area contributed by atoms with E-state index in [0.29, 0.717) is 17.4 Å². The van der Waals surface area contributed by atoms with Gasteiger partial charge in [-0.15, -0.1) is 22.7 Å². The van der Waals surface area contributed by atoms with Crippen molar-refractivity contribution in [2.75, 3.05) is 5.32 Å². The molecule has 5 nitrogen and oxygen atoms in total. The van der Waals surface area contributed by atoms with Crippen molar-refractivity contribution in [1.29, 1.82) is 0 Å². The van der Waals surface area contributed by atoms with Gasteiger partial charge in [-0.25, -0.2) is 4.98 Å². The number of hydrogen-bond donors (Lipinski definition) is 1. The lowest BCUT2D eigenvalue weighted by Gasteiger charge is -2.03. The lowest BCUT2D eigenvalue weighted by Crippen LogP contribution is -2.17. The molecule has 108 valence electrons. The average Bonchev–Trinajstić information content (AvgIpc) is 3.16. The molecule has 3 heterocycles. The number of rotatable bonds is 4. The second-order valence-corrected chi connectivity index (χ2v) is 6.26. The number of aryl methyl sites for hydroxylation is 2. The summed E-state index contributed by atoms with van der Waals surface area (Å²) >= 11 is 3.06. The van der Waals surface area contributed by atoms with Crippen molar-refractivity contribution in [2.45, 2.75) is 20.4 Å². The van der Waals surface area contributed by atoms with Crippen LogP contribution in [-0.4, -0.2) is 20.7 Å². The molecule has 0 unspecified atom stereocenters. The van der Waals surface area contributed by atoms with Crippen LogP contribution < -0.4 is 5.32 Å². The summed E-state index contributed by atoms with van der Waals surface area (Å²) in [7, 11) is 0. The Morgan fingerprint density at radius 2 is 2.29 bits per heavy atom. The molecule has 0 aliphatic heterocycles. The summed E-state index contributed by atoms with van der Waals surface area (Å²) in [4.78, 5) is 17.8. The van der Waals surface area contributed by atoms with Crippen LogP contribution in [0.3, 0.4) is 0 Å². The van der Waals surface area contributed by atoms with E-state index in [0.717, 1.165) is 16.3 Å². The first-order valence-corrected chi connectivity index (χ1v) is 8.28. The van der Waals surface area contributed by atoms with Gasteiger partial charge in [-0.1, -0.05) is 6.07 Å². The Balaban J connectivity index is 1.79. The third-order valence-electron chi connectivity index (χ3n) is 2.93. The van der Waals surface area contributed by atoms with Crippen LogP contribution in [0.1, 0.15) is 23.1 Å². The average molecular weight is 318 g/mol. The minimum atomic E-state index is -0.176. The number of nitrogens with one attached hydrogen (secondary N) is 1. The molecule has 3 aromatic rings. The van der Waals surface area contributed by atoms with Gasteiger partial charge in [-0.05, 0) is 31.4 Å². The fourth-order valence-electron chi connectivity index (χ4n) is 2.00. The van der Waals surface area contributed by atoms with Gasteiger partial charge in [0, 0.05) is 11.9 Å². The summed E-state index contributed by atoms with van der Waals surface area (Å²) in [6.45, 7) is 4.50. The number of aromatic nitrogens is 3. The normalized spacial score (nSPS) is 10.8. The fraction of sp³-hybridized carbons (Fsp3) is 0.214. The number of carbonyl (C=O) groups is 1. The van der Waals surface area contributed by atoms with Gasteiger partial charge in [0.05, 0.1) is 16.3 Å². The van der Waals surface area contributed by atoms with Crippen LogP contribution in [0.15, 0.2) is 29.0 Å². The van der Waals surface area contributed by atoms with Crippen LogP contribution in [0.4, 0.5) is 5.13 Å². The zero-order valence-corrected chi connectivity index (χ0v) is 13.3. The van der Waals surface area contributed by atoms with E-state index in [-0.39, 0.29) is 5.91 Å². The molecule has 3 rings (SSSR count). The maximum atomic E-state index is 12.3. The molecular formula is C14H14N4OS2. The number of anilines is 1. The van der Waals surface area contributed by atoms with Gasteiger partial charge in [-0.2, -0.15) is 5.10 Å². The standard InChI is InChI=1S/C14H14N4OS2/c1-3-18-11(7-9(2)17-18)13(19)16-14-15-10(8-21-14)12-5-4-6-20-12/h4-8H,3H2,1-2H3,(H,15,16,19). The van der Waals surface area contributed by atoms with Gasteiger partial charge in [0.15, 0.2) is 5.13 Å². The Labute approximate surface area is 130 Å². The Bertz CT molecular complexity index is 758. The predicted molar refractivity (Wildman–Crippen MR) is 86.0 cm³/mol. The Morgan fingerprint density at radius 1 is 1.43 bits per heavy atom. The molecular weight excluding hydrogens is 304 g/mol. The van der Waals surface area contributed by atoms with Crippen LogP contribution in [0.5, 0.6) is 0 Å². The molecule has 0 atom stereocenters. The first-order valence-electron chi connectivity index (χ1n) is 6.52. The van der Waals surface area contributed by atoms with E-state index in [4.69, 9.17) is 0 Å². The maximum absolute atomic E-state index is 12.3. The minimum absolute atomic E-state index is 0.176. The van der Waals surface area contributed by atoms with Crippen molar-refractivity contribution in [3.63, 3.8) is 0 Å². The van der Waals surface area contributed by atoms with E-state index in [1.165, 1.54) is 11.3 Å². The SMILES string of the molecule is CCn1nc(C)cc1C(=O)Nc1nc(-c2cccs2)cs1. The van der Waals surface area contributed by atoms with Crippen molar-refractivity contribution in [2.24, 2.45) is 0 Å². The Hall–Kier alpha value is -1.99. The lowest BCUT2D eigenvalue weighted by molar-refractivity contribution is 0.101. The first-order chi connectivity index (χ1) is 10.2. The molecule has 0 saturated heterocycles. The van der Waals surface area contributed by atoms with Gasteiger partial charge < -0.3 is 0 Å². The zero-order valence-electron chi connectivity index (χ0n) is 11.7. The van der Waals surface area contributed by atoms with Crippen molar-refractivity contribution in [3.05, 3.63) is 40.3 Å². The molecule has 0 aromatic carbocycles. The molecule has 1 amide bonds. The number of thiophene rings is 1. The third kappa shape index (κ3) is 2.88. The van der Waals surface area contributed by atoms with Gasteiger partial charge >= 0.3 is 0 Å². The van der Waals surface area contributed by atoms with Crippen molar-refractivity contribution >= 4 is 33.7 Å². The molecule has 0 spiro atoms. The van der Waals surface area contributed by atoms with E-state index < -0.39 is 0 Å². The first kappa shape index (κ1) is 14.0. The van der Waals surface area contributed by atoms with Gasteiger partial charge in [0.25, 0.3) is 5.91 Å². The number of hydrogen-bond acceptors (Lipinski definition) is 5. The van der Waals surface area contributed by atoms with E-state index in [1.807, 2.05) is 36.7 Å². The number of thiazole rings is 1.